The Morgan fingerprint density at radius 2 is 2.16 bits per heavy atom. The summed E-state index contributed by atoms with van der Waals surface area (Å²) in [4.78, 5) is 12.0. The molecule has 25 heavy (non-hydrogen) atoms. The Kier molecular flexibility index (Phi) is 5.60. The molecule has 3 rings (SSSR count). The van der Waals surface area contributed by atoms with Crippen LogP contribution in [-0.2, 0) is 4.79 Å². The van der Waals surface area contributed by atoms with E-state index in [1.165, 1.54) is 40.5 Å². The first-order chi connectivity index (χ1) is 12.2. The van der Waals surface area contributed by atoms with Crippen LogP contribution in [0.1, 0.15) is 5.56 Å². The monoisotopic (exact) mass is 391 g/mol. The van der Waals surface area contributed by atoms with Gasteiger partial charge in [0.2, 0.25) is 11.0 Å². The van der Waals surface area contributed by atoms with Crippen molar-refractivity contribution in [1.29, 1.82) is 5.26 Å². The van der Waals surface area contributed by atoms with Gasteiger partial charge in [-0.15, -0.1) is 21.5 Å². The van der Waals surface area contributed by atoms with E-state index < -0.39 is 0 Å². The third-order valence-corrected chi connectivity index (χ3v) is 5.69. The summed E-state index contributed by atoms with van der Waals surface area (Å²) in [5, 5.41) is 25.1. The number of halogens is 1. The maximum Gasteiger partial charge on any atom is 0.235 e. The first kappa shape index (κ1) is 17.3. The van der Waals surface area contributed by atoms with Crippen LogP contribution in [-0.4, -0.2) is 21.9 Å². The lowest BCUT2D eigenvalue weighted by atomic mass is 10.3. The largest absolute Gasteiger partial charge is 0.328 e. The third-order valence-electron chi connectivity index (χ3n) is 2.89. The topological polar surface area (TPSA) is 90.7 Å². The van der Waals surface area contributed by atoms with Crippen LogP contribution in [0.5, 0.6) is 0 Å². The van der Waals surface area contributed by atoms with Crippen molar-refractivity contribution in [2.24, 2.45) is 0 Å². The van der Waals surface area contributed by atoms with Crippen molar-refractivity contribution in [3.05, 3.63) is 47.1 Å². The van der Waals surface area contributed by atoms with Crippen molar-refractivity contribution in [2.45, 2.75) is 4.34 Å². The Hall–Kier alpha value is -2.48. The number of para-hydroxylation sites is 1. The summed E-state index contributed by atoms with van der Waals surface area (Å²) in [5.74, 6) is -0.477. The van der Waals surface area contributed by atoms with E-state index in [4.69, 9.17) is 5.26 Å². The SMILES string of the molecule is N#Cc1ccsc1NC(=O)CSc1nnc(Nc2ccccc2F)s1. The maximum atomic E-state index is 13.6. The third kappa shape index (κ3) is 4.54. The van der Waals surface area contributed by atoms with Crippen LogP contribution in [0.15, 0.2) is 40.1 Å². The number of nitrogens with zero attached hydrogens (tertiary/aromatic N) is 3. The number of benzene rings is 1. The van der Waals surface area contributed by atoms with Crippen LogP contribution in [0, 0.1) is 17.1 Å². The fourth-order valence-corrected chi connectivity index (χ4v) is 4.10. The number of anilines is 3. The summed E-state index contributed by atoms with van der Waals surface area (Å²) in [7, 11) is 0. The molecule has 2 N–H and O–H groups in total. The Labute approximate surface area is 154 Å². The highest BCUT2D eigenvalue weighted by atomic mass is 32.2. The van der Waals surface area contributed by atoms with Gasteiger partial charge in [-0.05, 0) is 23.6 Å². The molecule has 0 bridgehead atoms. The molecule has 0 aliphatic heterocycles. The van der Waals surface area contributed by atoms with E-state index in [0.717, 1.165) is 0 Å². The molecule has 0 saturated heterocycles. The predicted octanol–water partition coefficient (Wildman–Crippen LogP) is 4.08. The van der Waals surface area contributed by atoms with Crippen molar-refractivity contribution >= 4 is 56.2 Å². The summed E-state index contributed by atoms with van der Waals surface area (Å²) in [6.45, 7) is 0. The number of hydrogen-bond acceptors (Lipinski definition) is 8. The highest BCUT2D eigenvalue weighted by molar-refractivity contribution is 8.01. The highest BCUT2D eigenvalue weighted by Crippen LogP contribution is 2.29. The Morgan fingerprint density at radius 1 is 1.32 bits per heavy atom. The number of nitriles is 1. The predicted molar refractivity (Wildman–Crippen MR) is 98.0 cm³/mol. The number of rotatable bonds is 6. The summed E-state index contributed by atoms with van der Waals surface area (Å²) >= 11 is 3.74. The van der Waals surface area contributed by atoms with Crippen molar-refractivity contribution in [3.8, 4) is 6.07 Å². The molecule has 2 aromatic heterocycles. The van der Waals surface area contributed by atoms with Gasteiger partial charge in [0.05, 0.1) is 17.0 Å². The number of nitrogens with one attached hydrogen (secondary N) is 2. The molecule has 0 atom stereocenters. The van der Waals surface area contributed by atoms with Crippen LogP contribution in [0.4, 0.5) is 20.2 Å². The lowest BCUT2D eigenvalue weighted by Gasteiger charge is -2.02. The molecule has 2 heterocycles. The molecule has 0 aliphatic carbocycles. The van der Waals surface area contributed by atoms with Crippen LogP contribution in [0.25, 0.3) is 0 Å². The van der Waals surface area contributed by atoms with Gasteiger partial charge in [-0.3, -0.25) is 4.79 Å². The molecule has 3 aromatic rings. The number of amides is 1. The van der Waals surface area contributed by atoms with Crippen molar-refractivity contribution in [1.82, 2.24) is 10.2 Å². The van der Waals surface area contributed by atoms with E-state index >= 15 is 0 Å². The summed E-state index contributed by atoms with van der Waals surface area (Å²) in [6, 6.07) is 9.94. The Bertz CT molecular complexity index is 933. The number of aromatic nitrogens is 2. The minimum atomic E-state index is -0.379. The summed E-state index contributed by atoms with van der Waals surface area (Å²) in [6.07, 6.45) is 0. The number of hydrogen-bond donors (Lipinski definition) is 2. The van der Waals surface area contributed by atoms with Gasteiger partial charge >= 0.3 is 0 Å². The Balaban J connectivity index is 1.54. The van der Waals surface area contributed by atoms with Gasteiger partial charge in [-0.2, -0.15) is 5.26 Å². The highest BCUT2D eigenvalue weighted by Gasteiger charge is 2.12. The maximum absolute atomic E-state index is 13.6. The van der Waals surface area contributed by atoms with Crippen molar-refractivity contribution in [2.75, 3.05) is 16.4 Å². The zero-order chi connectivity index (χ0) is 17.6. The van der Waals surface area contributed by atoms with E-state index in [1.54, 1.807) is 29.6 Å². The van der Waals surface area contributed by atoms with Gasteiger partial charge in [0, 0.05) is 0 Å². The van der Waals surface area contributed by atoms with Gasteiger partial charge in [0.1, 0.15) is 16.9 Å². The number of thiophene rings is 1. The first-order valence-electron chi connectivity index (χ1n) is 6.91. The molecule has 6 nitrogen and oxygen atoms in total. The normalized spacial score (nSPS) is 10.2. The van der Waals surface area contributed by atoms with Gasteiger partial charge in [0.25, 0.3) is 0 Å². The van der Waals surface area contributed by atoms with Crippen molar-refractivity contribution in [3.63, 3.8) is 0 Å². The minimum absolute atomic E-state index is 0.136. The second-order valence-corrected chi connectivity index (χ2v) is 7.71. The average Bonchev–Trinajstić information content (AvgIpc) is 3.24. The molecule has 0 saturated carbocycles. The smallest absolute Gasteiger partial charge is 0.235 e. The van der Waals surface area contributed by atoms with Crippen LogP contribution >= 0.6 is 34.4 Å². The molecule has 1 aromatic carbocycles. The lowest BCUT2D eigenvalue weighted by Crippen LogP contribution is -2.13. The van der Waals surface area contributed by atoms with Gasteiger partial charge in [-0.1, -0.05) is 35.2 Å². The molecule has 0 unspecified atom stereocenters. The van der Waals surface area contributed by atoms with Crippen LogP contribution in [0.2, 0.25) is 0 Å². The van der Waals surface area contributed by atoms with E-state index in [9.17, 15) is 9.18 Å². The molecule has 0 aliphatic rings. The molecule has 0 radical (unpaired) electrons. The standard InChI is InChI=1S/C15H10FN5OS3/c16-10-3-1-2-4-11(10)18-14-20-21-15(25-14)24-8-12(22)19-13-9(7-17)5-6-23-13/h1-6H,8H2,(H,18,20)(H,19,22). The molecule has 10 heteroatoms. The van der Waals surface area contributed by atoms with Gasteiger partial charge < -0.3 is 10.6 Å². The molecule has 0 spiro atoms. The van der Waals surface area contributed by atoms with E-state index in [1.807, 2.05) is 6.07 Å². The van der Waals surface area contributed by atoms with Crippen LogP contribution < -0.4 is 10.6 Å². The number of thioether (sulfide) groups is 1. The van der Waals surface area contributed by atoms with Gasteiger partial charge in [0.15, 0.2) is 4.34 Å². The van der Waals surface area contributed by atoms with E-state index in [2.05, 4.69) is 20.8 Å². The molecular weight excluding hydrogens is 381 g/mol. The first-order valence-corrected chi connectivity index (χ1v) is 9.59. The molecule has 126 valence electrons. The van der Waals surface area contributed by atoms with Crippen LogP contribution in [0.3, 0.4) is 0 Å². The quantitative estimate of drug-likeness (QED) is 0.615. The minimum Gasteiger partial charge on any atom is -0.328 e. The second kappa shape index (κ2) is 8.06. The van der Waals surface area contributed by atoms with Gasteiger partial charge in [-0.25, -0.2) is 4.39 Å². The molecule has 1 amide bonds. The van der Waals surface area contributed by atoms with E-state index in [-0.39, 0.29) is 17.5 Å². The fourth-order valence-electron chi connectivity index (χ4n) is 1.78. The average molecular weight is 391 g/mol. The fraction of sp³-hybridized carbons (Fsp3) is 0.0667. The second-order valence-electron chi connectivity index (χ2n) is 4.59. The molecule has 0 fully saturated rings. The Morgan fingerprint density at radius 3 is 2.96 bits per heavy atom. The van der Waals surface area contributed by atoms with E-state index in [0.29, 0.717) is 25.7 Å². The number of carbonyl (C=O) groups excluding carboxylic acids is 1. The van der Waals surface area contributed by atoms with Crippen molar-refractivity contribution < 1.29 is 9.18 Å². The number of carbonyl (C=O) groups is 1. The zero-order valence-electron chi connectivity index (χ0n) is 12.5. The molecular formula is C15H10FN5OS3. The lowest BCUT2D eigenvalue weighted by molar-refractivity contribution is -0.113. The summed E-state index contributed by atoms with van der Waals surface area (Å²) in [5.41, 5.74) is 0.755. The summed E-state index contributed by atoms with van der Waals surface area (Å²) < 4.78 is 14.2. The zero-order valence-corrected chi connectivity index (χ0v) is 15.0.